The Hall–Kier alpha value is -0.850. The highest BCUT2D eigenvalue weighted by atomic mass is 16.1. The fourth-order valence-corrected chi connectivity index (χ4v) is 2.36. The number of ketones is 1. The molecule has 0 fully saturated rings. The minimum Gasteiger partial charge on any atom is -0.300 e. The van der Waals surface area contributed by atoms with Crippen LogP contribution in [0.1, 0.15) is 90.4 Å². The molecule has 0 bridgehead atoms. The molecule has 0 aliphatic rings. The molecule has 116 valence electrons. The average Bonchev–Trinajstić information content (AvgIpc) is 2.45. The molecule has 0 rings (SSSR count). The summed E-state index contributed by atoms with van der Waals surface area (Å²) in [5, 5.41) is 0. The number of hydrogen-bond acceptors (Lipinski definition) is 1. The monoisotopic (exact) mass is 278 g/mol. The first-order chi connectivity index (χ1) is 9.81. The van der Waals surface area contributed by atoms with E-state index in [-0.39, 0.29) is 0 Å². The minimum atomic E-state index is 0.462. The van der Waals surface area contributed by atoms with E-state index in [2.05, 4.69) is 19.6 Å². The largest absolute Gasteiger partial charge is 0.300 e. The Morgan fingerprint density at radius 1 is 0.850 bits per heavy atom. The van der Waals surface area contributed by atoms with Crippen molar-refractivity contribution in [1.82, 2.24) is 0 Å². The second-order valence-electron chi connectivity index (χ2n) is 5.67. The van der Waals surface area contributed by atoms with Crippen molar-refractivity contribution in [2.24, 2.45) is 0 Å². The summed E-state index contributed by atoms with van der Waals surface area (Å²) in [5.41, 5.74) is 0. The SMILES string of the molecule is C=C/C=C/CCCCC(=O)CCCCCCCCCC. The van der Waals surface area contributed by atoms with E-state index >= 15 is 0 Å². The zero-order valence-corrected chi connectivity index (χ0v) is 13.5. The number of carbonyl (C=O) groups is 1. The summed E-state index contributed by atoms with van der Waals surface area (Å²) in [6, 6.07) is 0. The van der Waals surface area contributed by atoms with E-state index in [9.17, 15) is 4.79 Å². The first-order valence-electron chi connectivity index (χ1n) is 8.60. The third kappa shape index (κ3) is 15.2. The maximum atomic E-state index is 11.7. The summed E-state index contributed by atoms with van der Waals surface area (Å²) in [7, 11) is 0. The first kappa shape index (κ1) is 19.1. The van der Waals surface area contributed by atoms with Crippen LogP contribution in [0.15, 0.2) is 24.8 Å². The second kappa shape index (κ2) is 16.2. The lowest BCUT2D eigenvalue weighted by atomic mass is 10.0. The van der Waals surface area contributed by atoms with E-state index in [1.54, 1.807) is 6.08 Å². The van der Waals surface area contributed by atoms with Crippen LogP contribution in [0, 0.1) is 0 Å². The predicted octanol–water partition coefficient (Wildman–Crippen LogP) is 6.39. The Kier molecular flexibility index (Phi) is 15.5. The summed E-state index contributed by atoms with van der Waals surface area (Å²) in [6.07, 6.45) is 21.1. The molecule has 0 saturated carbocycles. The van der Waals surface area contributed by atoms with Crippen molar-refractivity contribution >= 4 is 5.78 Å². The maximum Gasteiger partial charge on any atom is 0.132 e. The van der Waals surface area contributed by atoms with Gasteiger partial charge in [-0.1, -0.05) is 76.7 Å². The third-order valence-electron chi connectivity index (χ3n) is 3.66. The quantitative estimate of drug-likeness (QED) is 0.250. The second-order valence-corrected chi connectivity index (χ2v) is 5.67. The summed E-state index contributed by atoms with van der Waals surface area (Å²) < 4.78 is 0. The standard InChI is InChI=1S/C19H34O/c1-3-5-7-9-11-12-14-16-18-19(20)17-15-13-10-8-6-4-2/h4,6,8H,2-3,5,7,9-18H2,1H3/b8-6+. The number of Topliss-reactive ketones (excluding diaryl/α,β-unsaturated/α-hetero) is 1. The number of allylic oxidation sites excluding steroid dienone is 3. The molecule has 0 spiro atoms. The van der Waals surface area contributed by atoms with Crippen molar-refractivity contribution < 1.29 is 4.79 Å². The topological polar surface area (TPSA) is 17.1 Å². The van der Waals surface area contributed by atoms with Crippen LogP contribution in [0.3, 0.4) is 0 Å². The smallest absolute Gasteiger partial charge is 0.132 e. The molecular formula is C19H34O. The Labute approximate surface area is 126 Å². The van der Waals surface area contributed by atoms with Crippen molar-refractivity contribution in [3.63, 3.8) is 0 Å². The van der Waals surface area contributed by atoms with Gasteiger partial charge in [0.25, 0.3) is 0 Å². The Balaban J connectivity index is 3.20. The molecule has 0 aliphatic carbocycles. The number of unbranched alkanes of at least 4 members (excludes halogenated alkanes) is 9. The van der Waals surface area contributed by atoms with Crippen LogP contribution in [-0.4, -0.2) is 5.78 Å². The molecule has 0 unspecified atom stereocenters. The van der Waals surface area contributed by atoms with Crippen molar-refractivity contribution in [3.8, 4) is 0 Å². The fourth-order valence-electron chi connectivity index (χ4n) is 2.36. The van der Waals surface area contributed by atoms with Gasteiger partial charge in [-0.05, 0) is 25.7 Å². The summed E-state index contributed by atoms with van der Waals surface area (Å²) in [6.45, 7) is 5.89. The van der Waals surface area contributed by atoms with Crippen molar-refractivity contribution in [3.05, 3.63) is 24.8 Å². The van der Waals surface area contributed by atoms with Gasteiger partial charge in [-0.2, -0.15) is 0 Å². The lowest BCUT2D eigenvalue weighted by molar-refractivity contribution is -0.119. The molecule has 20 heavy (non-hydrogen) atoms. The van der Waals surface area contributed by atoms with E-state index in [0.717, 1.165) is 38.5 Å². The highest BCUT2D eigenvalue weighted by Crippen LogP contribution is 2.11. The van der Waals surface area contributed by atoms with Crippen LogP contribution < -0.4 is 0 Å². The molecule has 0 heterocycles. The summed E-state index contributed by atoms with van der Waals surface area (Å²) in [5.74, 6) is 0.462. The molecule has 0 N–H and O–H groups in total. The van der Waals surface area contributed by atoms with Gasteiger partial charge in [0.05, 0.1) is 0 Å². The van der Waals surface area contributed by atoms with Gasteiger partial charge in [-0.25, -0.2) is 0 Å². The lowest BCUT2D eigenvalue weighted by Gasteiger charge is -2.02. The van der Waals surface area contributed by atoms with Gasteiger partial charge in [0.15, 0.2) is 0 Å². The van der Waals surface area contributed by atoms with Gasteiger partial charge in [0.2, 0.25) is 0 Å². The predicted molar refractivity (Wildman–Crippen MR) is 90.0 cm³/mol. The van der Waals surface area contributed by atoms with Gasteiger partial charge in [0.1, 0.15) is 5.78 Å². The van der Waals surface area contributed by atoms with Gasteiger partial charge >= 0.3 is 0 Å². The van der Waals surface area contributed by atoms with Crippen LogP contribution in [0.2, 0.25) is 0 Å². The minimum absolute atomic E-state index is 0.462. The fraction of sp³-hybridized carbons (Fsp3) is 0.737. The molecule has 0 atom stereocenters. The van der Waals surface area contributed by atoms with Crippen LogP contribution in [0.5, 0.6) is 0 Å². The Morgan fingerprint density at radius 3 is 2.00 bits per heavy atom. The number of rotatable bonds is 15. The van der Waals surface area contributed by atoms with Gasteiger partial charge in [0, 0.05) is 12.8 Å². The average molecular weight is 278 g/mol. The zero-order chi connectivity index (χ0) is 14.9. The highest BCUT2D eigenvalue weighted by Gasteiger charge is 2.01. The van der Waals surface area contributed by atoms with E-state index in [1.807, 2.05) is 6.08 Å². The first-order valence-corrected chi connectivity index (χ1v) is 8.60. The highest BCUT2D eigenvalue weighted by molar-refractivity contribution is 5.78. The molecule has 0 radical (unpaired) electrons. The molecule has 0 saturated heterocycles. The van der Waals surface area contributed by atoms with Crippen molar-refractivity contribution in [1.29, 1.82) is 0 Å². The van der Waals surface area contributed by atoms with Gasteiger partial charge in [-0.15, -0.1) is 0 Å². The van der Waals surface area contributed by atoms with E-state index in [4.69, 9.17) is 0 Å². The molecule has 0 amide bonds. The summed E-state index contributed by atoms with van der Waals surface area (Å²) >= 11 is 0. The third-order valence-corrected chi connectivity index (χ3v) is 3.66. The molecular weight excluding hydrogens is 244 g/mol. The van der Waals surface area contributed by atoms with Crippen molar-refractivity contribution in [2.75, 3.05) is 0 Å². The molecule has 0 aromatic carbocycles. The molecule has 1 heteroatoms. The van der Waals surface area contributed by atoms with Crippen molar-refractivity contribution in [2.45, 2.75) is 90.4 Å². The maximum absolute atomic E-state index is 11.7. The normalized spacial score (nSPS) is 11.1. The van der Waals surface area contributed by atoms with Gasteiger partial charge < -0.3 is 0 Å². The van der Waals surface area contributed by atoms with E-state index < -0.39 is 0 Å². The molecule has 0 aliphatic heterocycles. The van der Waals surface area contributed by atoms with Gasteiger partial charge in [-0.3, -0.25) is 4.79 Å². The zero-order valence-electron chi connectivity index (χ0n) is 13.5. The van der Waals surface area contributed by atoms with E-state index in [1.165, 1.54) is 44.9 Å². The number of hydrogen-bond donors (Lipinski definition) is 0. The van der Waals surface area contributed by atoms with Crippen LogP contribution in [-0.2, 0) is 4.79 Å². The summed E-state index contributed by atoms with van der Waals surface area (Å²) in [4.78, 5) is 11.7. The molecule has 0 aromatic rings. The molecule has 0 aromatic heterocycles. The van der Waals surface area contributed by atoms with Crippen LogP contribution in [0.4, 0.5) is 0 Å². The Bertz CT molecular complexity index is 252. The Morgan fingerprint density at radius 2 is 1.40 bits per heavy atom. The van der Waals surface area contributed by atoms with E-state index in [0.29, 0.717) is 5.78 Å². The van der Waals surface area contributed by atoms with Crippen LogP contribution in [0.25, 0.3) is 0 Å². The number of carbonyl (C=O) groups excluding carboxylic acids is 1. The lowest BCUT2D eigenvalue weighted by Crippen LogP contribution is -1.97. The van der Waals surface area contributed by atoms with Crippen LogP contribution >= 0.6 is 0 Å². The molecule has 1 nitrogen and oxygen atoms in total.